The molecule has 4 heteroatoms. The van der Waals surface area contributed by atoms with Gasteiger partial charge in [0.25, 0.3) is 0 Å². The second kappa shape index (κ2) is 3.41. The van der Waals surface area contributed by atoms with Gasteiger partial charge >= 0.3 is 0 Å². The fourth-order valence-electron chi connectivity index (χ4n) is 1.77. The summed E-state index contributed by atoms with van der Waals surface area (Å²) in [5.74, 6) is 0.642. The molecule has 0 amide bonds. The molecule has 0 fully saturated rings. The number of para-hydroxylation sites is 1. The number of benzene rings is 1. The Morgan fingerprint density at radius 2 is 2.06 bits per heavy atom. The van der Waals surface area contributed by atoms with Gasteiger partial charge in [-0.3, -0.25) is 5.10 Å². The minimum Gasteiger partial charge on any atom is -0.265 e. The van der Waals surface area contributed by atoms with E-state index in [1.54, 1.807) is 6.33 Å². The second-order valence-electron chi connectivity index (χ2n) is 3.67. The zero-order valence-corrected chi connectivity index (χ0v) is 8.81. The van der Waals surface area contributed by atoms with Crippen molar-refractivity contribution in [3.63, 3.8) is 0 Å². The highest BCUT2D eigenvalue weighted by atomic mass is 15.2. The lowest BCUT2D eigenvalue weighted by Gasteiger charge is -2.03. The van der Waals surface area contributed by atoms with Crippen LogP contribution in [0.15, 0.2) is 36.7 Å². The summed E-state index contributed by atoms with van der Waals surface area (Å²) in [4.78, 5) is 8.70. The van der Waals surface area contributed by atoms with E-state index in [1.165, 1.54) is 0 Å². The van der Waals surface area contributed by atoms with E-state index in [1.807, 2.05) is 25.1 Å². The third-order valence-electron chi connectivity index (χ3n) is 2.54. The fourth-order valence-corrected chi connectivity index (χ4v) is 1.77. The first kappa shape index (κ1) is 9.03. The minimum absolute atomic E-state index is 0.642. The molecule has 3 aromatic rings. The topological polar surface area (TPSA) is 54.5 Å². The van der Waals surface area contributed by atoms with Gasteiger partial charge in [0.1, 0.15) is 12.0 Å². The SMILES string of the molecule is Cc1cc2ccccc2nc1-c1nc[nH]n1. The quantitative estimate of drug-likeness (QED) is 0.670. The second-order valence-corrected chi connectivity index (χ2v) is 3.67. The molecule has 0 atom stereocenters. The maximum Gasteiger partial charge on any atom is 0.199 e. The number of hydrogen-bond donors (Lipinski definition) is 1. The number of hydrogen-bond acceptors (Lipinski definition) is 3. The number of aryl methyl sites for hydroxylation is 1. The van der Waals surface area contributed by atoms with Gasteiger partial charge in [-0.15, -0.1) is 0 Å². The van der Waals surface area contributed by atoms with Crippen molar-refractivity contribution in [3.05, 3.63) is 42.2 Å². The van der Waals surface area contributed by atoms with Gasteiger partial charge in [-0.05, 0) is 24.6 Å². The van der Waals surface area contributed by atoms with Crippen molar-refractivity contribution < 1.29 is 0 Å². The summed E-state index contributed by atoms with van der Waals surface area (Å²) in [7, 11) is 0. The van der Waals surface area contributed by atoms with E-state index < -0.39 is 0 Å². The summed E-state index contributed by atoms with van der Waals surface area (Å²) in [6.45, 7) is 2.02. The van der Waals surface area contributed by atoms with E-state index in [-0.39, 0.29) is 0 Å². The number of aromatic nitrogens is 4. The molecule has 1 aromatic carbocycles. The van der Waals surface area contributed by atoms with Crippen molar-refractivity contribution >= 4 is 10.9 Å². The smallest absolute Gasteiger partial charge is 0.199 e. The number of H-pyrrole nitrogens is 1. The maximum absolute atomic E-state index is 4.57. The van der Waals surface area contributed by atoms with Gasteiger partial charge in [0.05, 0.1) is 5.52 Å². The monoisotopic (exact) mass is 210 g/mol. The Hall–Kier alpha value is -2.23. The van der Waals surface area contributed by atoms with E-state index in [0.717, 1.165) is 22.2 Å². The van der Waals surface area contributed by atoms with Gasteiger partial charge in [-0.25, -0.2) is 9.97 Å². The Kier molecular flexibility index (Phi) is 1.93. The number of pyridine rings is 1. The molecule has 2 heterocycles. The molecule has 0 saturated heterocycles. The van der Waals surface area contributed by atoms with Crippen LogP contribution in [0.2, 0.25) is 0 Å². The van der Waals surface area contributed by atoms with Crippen molar-refractivity contribution in [2.45, 2.75) is 6.92 Å². The highest BCUT2D eigenvalue weighted by molar-refractivity contribution is 5.82. The molecule has 1 N–H and O–H groups in total. The lowest BCUT2D eigenvalue weighted by molar-refractivity contribution is 1.08. The molecule has 0 spiro atoms. The Balaban J connectivity index is 2.30. The summed E-state index contributed by atoms with van der Waals surface area (Å²) in [6.07, 6.45) is 1.56. The van der Waals surface area contributed by atoms with Gasteiger partial charge in [0.15, 0.2) is 5.82 Å². The van der Waals surface area contributed by atoms with Crippen LogP contribution in [0.1, 0.15) is 5.56 Å². The first-order chi connectivity index (χ1) is 7.84. The third-order valence-corrected chi connectivity index (χ3v) is 2.54. The third kappa shape index (κ3) is 1.35. The van der Waals surface area contributed by atoms with Gasteiger partial charge in [-0.2, -0.15) is 5.10 Å². The molecule has 78 valence electrons. The number of aromatic amines is 1. The van der Waals surface area contributed by atoms with Crippen LogP contribution in [0, 0.1) is 6.92 Å². The molecule has 0 bridgehead atoms. The number of fused-ring (bicyclic) bond motifs is 1. The van der Waals surface area contributed by atoms with Crippen LogP contribution >= 0.6 is 0 Å². The first-order valence-corrected chi connectivity index (χ1v) is 5.07. The highest BCUT2D eigenvalue weighted by Gasteiger charge is 2.08. The predicted octanol–water partition coefficient (Wildman–Crippen LogP) is 2.33. The Labute approximate surface area is 92.4 Å². The summed E-state index contributed by atoms with van der Waals surface area (Å²) in [5, 5.41) is 7.90. The van der Waals surface area contributed by atoms with Crippen LogP contribution in [0.4, 0.5) is 0 Å². The molecule has 2 aromatic heterocycles. The Morgan fingerprint density at radius 3 is 2.88 bits per heavy atom. The van der Waals surface area contributed by atoms with E-state index in [9.17, 15) is 0 Å². The molecular formula is C12H10N4. The molecule has 0 aliphatic carbocycles. The predicted molar refractivity (Wildman–Crippen MR) is 61.9 cm³/mol. The Morgan fingerprint density at radius 1 is 1.19 bits per heavy atom. The zero-order valence-electron chi connectivity index (χ0n) is 8.81. The standard InChI is InChI=1S/C12H10N4/c1-8-6-9-4-2-3-5-10(9)15-11(8)12-13-7-14-16-12/h2-7H,1H3,(H,13,14,16). The van der Waals surface area contributed by atoms with Crippen molar-refractivity contribution in [3.8, 4) is 11.5 Å². The summed E-state index contributed by atoms with van der Waals surface area (Å²) < 4.78 is 0. The zero-order chi connectivity index (χ0) is 11.0. The molecule has 0 radical (unpaired) electrons. The molecule has 16 heavy (non-hydrogen) atoms. The minimum atomic E-state index is 0.642. The molecule has 3 rings (SSSR count). The number of nitrogens with one attached hydrogen (secondary N) is 1. The van der Waals surface area contributed by atoms with Crippen molar-refractivity contribution in [1.29, 1.82) is 0 Å². The van der Waals surface area contributed by atoms with Crippen LogP contribution in [0.3, 0.4) is 0 Å². The van der Waals surface area contributed by atoms with Crippen LogP contribution < -0.4 is 0 Å². The van der Waals surface area contributed by atoms with E-state index in [2.05, 4.69) is 32.3 Å². The normalized spacial score (nSPS) is 10.8. The molecular weight excluding hydrogens is 200 g/mol. The Bertz CT molecular complexity index is 629. The van der Waals surface area contributed by atoms with Crippen LogP contribution in [-0.4, -0.2) is 20.2 Å². The van der Waals surface area contributed by atoms with Crippen LogP contribution in [-0.2, 0) is 0 Å². The van der Waals surface area contributed by atoms with Crippen molar-refractivity contribution in [2.24, 2.45) is 0 Å². The largest absolute Gasteiger partial charge is 0.265 e. The van der Waals surface area contributed by atoms with E-state index >= 15 is 0 Å². The molecule has 0 unspecified atom stereocenters. The maximum atomic E-state index is 4.57. The summed E-state index contributed by atoms with van der Waals surface area (Å²) in [5.41, 5.74) is 2.88. The van der Waals surface area contributed by atoms with Gasteiger partial charge in [0.2, 0.25) is 0 Å². The molecule has 0 aliphatic rings. The van der Waals surface area contributed by atoms with E-state index in [0.29, 0.717) is 5.82 Å². The first-order valence-electron chi connectivity index (χ1n) is 5.07. The molecule has 0 saturated carbocycles. The number of rotatable bonds is 1. The average molecular weight is 210 g/mol. The lowest BCUT2D eigenvalue weighted by Crippen LogP contribution is -1.91. The van der Waals surface area contributed by atoms with Crippen LogP contribution in [0.5, 0.6) is 0 Å². The van der Waals surface area contributed by atoms with Crippen LogP contribution in [0.25, 0.3) is 22.4 Å². The summed E-state index contributed by atoms with van der Waals surface area (Å²) in [6, 6.07) is 10.1. The lowest BCUT2D eigenvalue weighted by atomic mass is 10.1. The average Bonchev–Trinajstić information content (AvgIpc) is 2.81. The molecule has 4 nitrogen and oxygen atoms in total. The van der Waals surface area contributed by atoms with Crippen molar-refractivity contribution in [1.82, 2.24) is 20.2 Å². The number of nitrogens with zero attached hydrogens (tertiary/aromatic N) is 3. The van der Waals surface area contributed by atoms with Gasteiger partial charge < -0.3 is 0 Å². The highest BCUT2D eigenvalue weighted by Crippen LogP contribution is 2.21. The fraction of sp³-hybridized carbons (Fsp3) is 0.0833. The van der Waals surface area contributed by atoms with E-state index in [4.69, 9.17) is 0 Å². The van der Waals surface area contributed by atoms with Crippen molar-refractivity contribution in [2.75, 3.05) is 0 Å². The molecule has 0 aliphatic heterocycles. The van der Waals surface area contributed by atoms with Gasteiger partial charge in [-0.1, -0.05) is 18.2 Å². The summed E-state index contributed by atoms with van der Waals surface area (Å²) >= 11 is 0. The van der Waals surface area contributed by atoms with Gasteiger partial charge in [0, 0.05) is 5.39 Å².